The summed E-state index contributed by atoms with van der Waals surface area (Å²) >= 11 is 0. The lowest BCUT2D eigenvalue weighted by atomic mass is 10.1. The minimum Gasteiger partial charge on any atom is -0.453 e. The number of hydrogen-bond donors (Lipinski definition) is 1. The van der Waals surface area contributed by atoms with E-state index in [1.165, 1.54) is 0 Å². The standard InChI is InChI=1S/C13H8N2O/c14-8-9-5-6-13-11(7-9)15-10-3-1-2-4-12(10)16-13/h1-7,15H. The SMILES string of the molecule is N#Cc1ccc2c(c1)Nc1ccccc1O2. The van der Waals surface area contributed by atoms with Gasteiger partial charge in [0, 0.05) is 0 Å². The summed E-state index contributed by atoms with van der Waals surface area (Å²) < 4.78 is 5.70. The molecule has 0 amide bonds. The van der Waals surface area contributed by atoms with Crippen molar-refractivity contribution in [3.8, 4) is 17.6 Å². The predicted molar refractivity (Wildman–Crippen MR) is 61.0 cm³/mol. The maximum atomic E-state index is 8.82. The highest BCUT2D eigenvalue weighted by atomic mass is 16.5. The number of rotatable bonds is 0. The van der Waals surface area contributed by atoms with Gasteiger partial charge in [-0.3, -0.25) is 0 Å². The molecule has 0 saturated heterocycles. The molecule has 0 fully saturated rings. The molecule has 0 saturated carbocycles. The van der Waals surface area contributed by atoms with Crippen molar-refractivity contribution in [3.05, 3.63) is 48.0 Å². The van der Waals surface area contributed by atoms with Crippen LogP contribution in [-0.4, -0.2) is 0 Å². The van der Waals surface area contributed by atoms with Gasteiger partial charge in [-0.1, -0.05) is 12.1 Å². The van der Waals surface area contributed by atoms with Crippen LogP contribution in [0.3, 0.4) is 0 Å². The first-order valence-corrected chi connectivity index (χ1v) is 4.95. The summed E-state index contributed by atoms with van der Waals surface area (Å²) in [6, 6.07) is 15.1. The van der Waals surface area contributed by atoms with E-state index in [4.69, 9.17) is 10.00 Å². The van der Waals surface area contributed by atoms with Crippen LogP contribution in [0, 0.1) is 11.3 Å². The van der Waals surface area contributed by atoms with Crippen molar-refractivity contribution in [1.82, 2.24) is 0 Å². The molecule has 1 N–H and O–H groups in total. The van der Waals surface area contributed by atoms with Crippen LogP contribution in [0.4, 0.5) is 11.4 Å². The first-order chi connectivity index (χ1) is 7.86. The number of benzene rings is 2. The van der Waals surface area contributed by atoms with Crippen LogP contribution in [-0.2, 0) is 0 Å². The molecule has 3 rings (SSSR count). The summed E-state index contributed by atoms with van der Waals surface area (Å²) in [6.45, 7) is 0. The van der Waals surface area contributed by atoms with E-state index >= 15 is 0 Å². The zero-order valence-electron chi connectivity index (χ0n) is 8.40. The van der Waals surface area contributed by atoms with Crippen LogP contribution in [0.2, 0.25) is 0 Å². The largest absolute Gasteiger partial charge is 0.453 e. The van der Waals surface area contributed by atoms with E-state index in [0.717, 1.165) is 22.9 Å². The number of ether oxygens (including phenoxy) is 1. The maximum absolute atomic E-state index is 8.82. The molecule has 2 aromatic carbocycles. The third-order valence-electron chi connectivity index (χ3n) is 2.48. The second kappa shape index (κ2) is 3.28. The second-order valence-electron chi connectivity index (χ2n) is 3.55. The molecular formula is C13H8N2O. The van der Waals surface area contributed by atoms with Crippen molar-refractivity contribution in [3.63, 3.8) is 0 Å². The fourth-order valence-electron chi connectivity index (χ4n) is 1.71. The van der Waals surface area contributed by atoms with Crippen LogP contribution < -0.4 is 10.1 Å². The minimum atomic E-state index is 0.620. The smallest absolute Gasteiger partial charge is 0.151 e. The molecule has 1 heterocycles. The monoisotopic (exact) mass is 208 g/mol. The molecule has 0 spiro atoms. The summed E-state index contributed by atoms with van der Waals surface area (Å²) in [5.41, 5.74) is 2.37. The highest BCUT2D eigenvalue weighted by Crippen LogP contribution is 2.41. The van der Waals surface area contributed by atoms with Crippen molar-refractivity contribution in [2.24, 2.45) is 0 Å². The number of nitrogens with zero attached hydrogens (tertiary/aromatic N) is 1. The van der Waals surface area contributed by atoms with Gasteiger partial charge in [-0.05, 0) is 30.3 Å². The van der Waals surface area contributed by atoms with Crippen LogP contribution >= 0.6 is 0 Å². The van der Waals surface area contributed by atoms with Gasteiger partial charge in [0.25, 0.3) is 0 Å². The number of nitriles is 1. The molecule has 2 aromatic rings. The summed E-state index contributed by atoms with van der Waals surface area (Å²) in [5, 5.41) is 12.1. The molecule has 16 heavy (non-hydrogen) atoms. The van der Waals surface area contributed by atoms with Gasteiger partial charge >= 0.3 is 0 Å². The van der Waals surface area contributed by atoms with Crippen molar-refractivity contribution in [1.29, 1.82) is 5.26 Å². The van der Waals surface area contributed by atoms with Gasteiger partial charge in [0.15, 0.2) is 11.5 Å². The molecule has 76 valence electrons. The summed E-state index contributed by atoms with van der Waals surface area (Å²) in [7, 11) is 0. The molecule has 0 atom stereocenters. The molecule has 1 aliphatic rings. The van der Waals surface area contributed by atoms with E-state index in [-0.39, 0.29) is 0 Å². The highest BCUT2D eigenvalue weighted by molar-refractivity contribution is 5.76. The van der Waals surface area contributed by atoms with Gasteiger partial charge in [0.2, 0.25) is 0 Å². The average Bonchev–Trinajstić information content (AvgIpc) is 2.35. The van der Waals surface area contributed by atoms with Gasteiger partial charge in [-0.15, -0.1) is 0 Å². The third-order valence-corrected chi connectivity index (χ3v) is 2.48. The Morgan fingerprint density at radius 1 is 1.00 bits per heavy atom. The lowest BCUT2D eigenvalue weighted by molar-refractivity contribution is 0.481. The Hall–Kier alpha value is -2.47. The van der Waals surface area contributed by atoms with E-state index in [1.54, 1.807) is 18.2 Å². The minimum absolute atomic E-state index is 0.620. The molecule has 0 aliphatic carbocycles. The summed E-state index contributed by atoms with van der Waals surface area (Å²) in [6.07, 6.45) is 0. The fraction of sp³-hybridized carbons (Fsp3) is 0. The lowest BCUT2D eigenvalue weighted by Gasteiger charge is -2.21. The topological polar surface area (TPSA) is 45.0 Å². The Morgan fingerprint density at radius 3 is 2.69 bits per heavy atom. The Bertz CT molecular complexity index is 599. The van der Waals surface area contributed by atoms with Crippen molar-refractivity contribution >= 4 is 11.4 Å². The van der Waals surface area contributed by atoms with Crippen LogP contribution in [0.15, 0.2) is 42.5 Å². The molecule has 0 radical (unpaired) electrons. The van der Waals surface area contributed by atoms with Gasteiger partial charge in [0.1, 0.15) is 0 Å². The van der Waals surface area contributed by atoms with E-state index in [1.807, 2.05) is 24.3 Å². The van der Waals surface area contributed by atoms with Gasteiger partial charge < -0.3 is 10.1 Å². The van der Waals surface area contributed by atoms with Crippen molar-refractivity contribution in [2.75, 3.05) is 5.32 Å². The lowest BCUT2D eigenvalue weighted by Crippen LogP contribution is -2.02. The van der Waals surface area contributed by atoms with E-state index < -0.39 is 0 Å². The van der Waals surface area contributed by atoms with Crippen LogP contribution in [0.25, 0.3) is 0 Å². The first-order valence-electron chi connectivity index (χ1n) is 4.95. The Kier molecular flexibility index (Phi) is 1.81. The normalized spacial score (nSPS) is 11.4. The molecule has 0 unspecified atom stereocenters. The molecule has 1 aliphatic heterocycles. The Morgan fingerprint density at radius 2 is 1.81 bits per heavy atom. The van der Waals surface area contributed by atoms with E-state index in [2.05, 4.69) is 11.4 Å². The number of anilines is 2. The van der Waals surface area contributed by atoms with Gasteiger partial charge in [-0.25, -0.2) is 0 Å². The number of nitrogens with one attached hydrogen (secondary N) is 1. The number of para-hydroxylation sites is 2. The van der Waals surface area contributed by atoms with E-state index in [0.29, 0.717) is 5.56 Å². The van der Waals surface area contributed by atoms with Crippen LogP contribution in [0.1, 0.15) is 5.56 Å². The third kappa shape index (κ3) is 1.29. The van der Waals surface area contributed by atoms with Gasteiger partial charge in [0.05, 0.1) is 23.0 Å². The Balaban J connectivity index is 2.09. The molecule has 0 aromatic heterocycles. The highest BCUT2D eigenvalue weighted by Gasteiger charge is 2.15. The molecular weight excluding hydrogens is 200 g/mol. The predicted octanol–water partition coefficient (Wildman–Crippen LogP) is 3.41. The van der Waals surface area contributed by atoms with Crippen molar-refractivity contribution in [2.45, 2.75) is 0 Å². The zero-order chi connectivity index (χ0) is 11.0. The maximum Gasteiger partial charge on any atom is 0.151 e. The second-order valence-corrected chi connectivity index (χ2v) is 3.55. The fourth-order valence-corrected chi connectivity index (χ4v) is 1.71. The zero-order valence-corrected chi connectivity index (χ0v) is 8.40. The quantitative estimate of drug-likeness (QED) is 0.615. The molecule has 3 nitrogen and oxygen atoms in total. The molecule has 0 bridgehead atoms. The van der Waals surface area contributed by atoms with Crippen LogP contribution in [0.5, 0.6) is 11.5 Å². The average molecular weight is 208 g/mol. The summed E-state index contributed by atoms with van der Waals surface area (Å²) in [5.74, 6) is 1.55. The van der Waals surface area contributed by atoms with Gasteiger partial charge in [-0.2, -0.15) is 5.26 Å². The Labute approximate surface area is 92.9 Å². The van der Waals surface area contributed by atoms with Crippen molar-refractivity contribution < 1.29 is 4.74 Å². The number of hydrogen-bond acceptors (Lipinski definition) is 3. The molecule has 3 heteroatoms. The van der Waals surface area contributed by atoms with E-state index in [9.17, 15) is 0 Å². The summed E-state index contributed by atoms with van der Waals surface area (Å²) in [4.78, 5) is 0. The first kappa shape index (κ1) is 8.81. The number of fused-ring (bicyclic) bond motifs is 2.